The zero-order chi connectivity index (χ0) is 12.9. The molecule has 0 spiro atoms. The van der Waals surface area contributed by atoms with Crippen molar-refractivity contribution in [3.8, 4) is 0 Å². The summed E-state index contributed by atoms with van der Waals surface area (Å²) in [5.74, 6) is -0.0153. The van der Waals surface area contributed by atoms with Gasteiger partial charge in [-0.05, 0) is 26.2 Å². The van der Waals surface area contributed by atoms with E-state index in [4.69, 9.17) is 5.73 Å². The largest absolute Gasteiger partial charge is 0.394 e. The molecule has 100 valence electrons. The maximum Gasteiger partial charge on any atom is 0.227 e. The van der Waals surface area contributed by atoms with E-state index in [0.717, 1.165) is 32.1 Å². The minimum atomic E-state index is -0.514. The van der Waals surface area contributed by atoms with Crippen molar-refractivity contribution in [2.24, 2.45) is 11.1 Å². The van der Waals surface area contributed by atoms with Crippen LogP contribution in [0.2, 0.25) is 0 Å². The normalized spacial score (nSPS) is 22.8. The average molecular weight is 242 g/mol. The summed E-state index contributed by atoms with van der Waals surface area (Å²) >= 11 is 0. The van der Waals surface area contributed by atoms with Gasteiger partial charge in [-0.25, -0.2) is 0 Å². The fourth-order valence-corrected chi connectivity index (χ4v) is 2.34. The van der Waals surface area contributed by atoms with E-state index in [-0.39, 0.29) is 12.5 Å². The second-order valence-electron chi connectivity index (χ2n) is 5.57. The lowest BCUT2D eigenvalue weighted by Crippen LogP contribution is -2.57. The molecule has 0 aromatic carbocycles. The molecule has 0 aromatic rings. The summed E-state index contributed by atoms with van der Waals surface area (Å²) in [5.41, 5.74) is 4.77. The summed E-state index contributed by atoms with van der Waals surface area (Å²) in [6.45, 7) is 4.23. The number of aliphatic hydroxyl groups is 1. The number of hydrogen-bond donors (Lipinski definition) is 3. The van der Waals surface area contributed by atoms with Gasteiger partial charge in [0.1, 0.15) is 0 Å². The molecule has 1 aliphatic rings. The molecule has 0 radical (unpaired) electrons. The van der Waals surface area contributed by atoms with E-state index in [1.54, 1.807) is 0 Å². The molecule has 1 fully saturated rings. The molecule has 4 heteroatoms. The number of rotatable bonds is 5. The molecule has 1 amide bonds. The molecular weight excluding hydrogens is 216 g/mol. The molecule has 0 aliphatic heterocycles. The Kier molecular flexibility index (Phi) is 4.95. The summed E-state index contributed by atoms with van der Waals surface area (Å²) < 4.78 is 0. The number of carbonyl (C=O) groups excluding carboxylic acids is 1. The highest BCUT2D eigenvalue weighted by atomic mass is 16.3. The summed E-state index contributed by atoms with van der Waals surface area (Å²) in [5, 5.41) is 12.6. The SMILES string of the molecule is CCC(C)(CN)C(=O)NC1(CO)CCCCC1. The van der Waals surface area contributed by atoms with Gasteiger partial charge in [0, 0.05) is 6.54 Å². The van der Waals surface area contributed by atoms with Crippen LogP contribution in [0.25, 0.3) is 0 Å². The Morgan fingerprint density at radius 1 is 1.41 bits per heavy atom. The van der Waals surface area contributed by atoms with Gasteiger partial charge in [-0.3, -0.25) is 4.79 Å². The van der Waals surface area contributed by atoms with Crippen LogP contribution in [0, 0.1) is 5.41 Å². The second kappa shape index (κ2) is 5.83. The fourth-order valence-electron chi connectivity index (χ4n) is 2.34. The van der Waals surface area contributed by atoms with Crippen molar-refractivity contribution in [3.63, 3.8) is 0 Å². The third-order valence-electron chi connectivity index (χ3n) is 4.27. The number of hydrogen-bond acceptors (Lipinski definition) is 3. The predicted octanol–water partition coefficient (Wildman–Crippen LogP) is 1.17. The number of aliphatic hydroxyl groups excluding tert-OH is 1. The number of carbonyl (C=O) groups is 1. The monoisotopic (exact) mass is 242 g/mol. The summed E-state index contributed by atoms with van der Waals surface area (Å²) in [6.07, 6.45) is 5.81. The van der Waals surface area contributed by atoms with Gasteiger partial charge in [-0.2, -0.15) is 0 Å². The standard InChI is InChI=1S/C13H26N2O2/c1-3-12(2,9-14)11(17)15-13(10-16)7-5-4-6-8-13/h16H,3-10,14H2,1-2H3,(H,15,17). The van der Waals surface area contributed by atoms with E-state index >= 15 is 0 Å². The molecule has 0 bridgehead atoms. The van der Waals surface area contributed by atoms with Crippen molar-refractivity contribution in [3.05, 3.63) is 0 Å². The Bertz CT molecular complexity index is 256. The molecule has 0 saturated heterocycles. The molecule has 1 rings (SSSR count). The second-order valence-corrected chi connectivity index (χ2v) is 5.57. The van der Waals surface area contributed by atoms with Crippen LogP contribution in [-0.4, -0.2) is 29.7 Å². The Labute approximate surface area is 104 Å². The highest BCUT2D eigenvalue weighted by molar-refractivity contribution is 5.83. The van der Waals surface area contributed by atoms with Crippen molar-refractivity contribution >= 4 is 5.91 Å². The van der Waals surface area contributed by atoms with Crippen molar-refractivity contribution < 1.29 is 9.90 Å². The molecule has 1 atom stereocenters. The molecule has 1 saturated carbocycles. The molecule has 0 heterocycles. The van der Waals surface area contributed by atoms with E-state index in [2.05, 4.69) is 5.32 Å². The minimum absolute atomic E-state index is 0.0153. The summed E-state index contributed by atoms with van der Waals surface area (Å²) in [4.78, 5) is 12.3. The highest BCUT2D eigenvalue weighted by Gasteiger charge is 2.38. The van der Waals surface area contributed by atoms with Gasteiger partial charge in [-0.15, -0.1) is 0 Å². The summed E-state index contributed by atoms with van der Waals surface area (Å²) in [6, 6.07) is 0. The fraction of sp³-hybridized carbons (Fsp3) is 0.923. The first-order valence-electron chi connectivity index (χ1n) is 6.65. The van der Waals surface area contributed by atoms with E-state index in [1.165, 1.54) is 6.42 Å². The Balaban J connectivity index is 2.70. The highest BCUT2D eigenvalue weighted by Crippen LogP contribution is 2.30. The maximum atomic E-state index is 12.3. The van der Waals surface area contributed by atoms with E-state index in [0.29, 0.717) is 6.54 Å². The zero-order valence-electron chi connectivity index (χ0n) is 11.1. The molecule has 4 nitrogen and oxygen atoms in total. The lowest BCUT2D eigenvalue weighted by molar-refractivity contribution is -0.133. The number of nitrogens with two attached hydrogens (primary N) is 1. The lowest BCUT2D eigenvalue weighted by atomic mass is 9.79. The Morgan fingerprint density at radius 3 is 2.41 bits per heavy atom. The van der Waals surface area contributed by atoms with Crippen molar-refractivity contribution in [2.45, 2.75) is 57.9 Å². The minimum Gasteiger partial charge on any atom is -0.394 e. The number of nitrogens with one attached hydrogen (secondary N) is 1. The number of amides is 1. The van der Waals surface area contributed by atoms with Crippen LogP contribution in [-0.2, 0) is 4.79 Å². The van der Waals surface area contributed by atoms with Crippen molar-refractivity contribution in [2.75, 3.05) is 13.2 Å². The third-order valence-corrected chi connectivity index (χ3v) is 4.27. The van der Waals surface area contributed by atoms with E-state index in [9.17, 15) is 9.90 Å². The van der Waals surface area contributed by atoms with E-state index in [1.807, 2.05) is 13.8 Å². The maximum absolute atomic E-state index is 12.3. The first-order chi connectivity index (χ1) is 8.02. The Morgan fingerprint density at radius 2 is 2.00 bits per heavy atom. The van der Waals surface area contributed by atoms with Crippen LogP contribution in [0.15, 0.2) is 0 Å². The van der Waals surface area contributed by atoms with Gasteiger partial charge in [0.05, 0.1) is 17.6 Å². The van der Waals surface area contributed by atoms with Crippen LogP contribution >= 0.6 is 0 Å². The van der Waals surface area contributed by atoms with Gasteiger partial charge >= 0.3 is 0 Å². The molecule has 1 aliphatic carbocycles. The third kappa shape index (κ3) is 3.19. The van der Waals surface area contributed by atoms with Gasteiger partial charge in [-0.1, -0.05) is 26.2 Å². The van der Waals surface area contributed by atoms with Crippen LogP contribution in [0.5, 0.6) is 0 Å². The molecule has 0 aromatic heterocycles. The summed E-state index contributed by atoms with van der Waals surface area (Å²) in [7, 11) is 0. The van der Waals surface area contributed by atoms with Crippen molar-refractivity contribution in [1.29, 1.82) is 0 Å². The average Bonchev–Trinajstić information content (AvgIpc) is 2.38. The van der Waals surface area contributed by atoms with E-state index < -0.39 is 11.0 Å². The smallest absolute Gasteiger partial charge is 0.227 e. The lowest BCUT2D eigenvalue weighted by Gasteiger charge is -2.39. The van der Waals surface area contributed by atoms with Gasteiger partial charge in [0.2, 0.25) is 5.91 Å². The quantitative estimate of drug-likeness (QED) is 0.677. The van der Waals surface area contributed by atoms with Crippen LogP contribution in [0.1, 0.15) is 52.4 Å². The zero-order valence-corrected chi connectivity index (χ0v) is 11.1. The predicted molar refractivity (Wildman–Crippen MR) is 68.5 cm³/mol. The van der Waals surface area contributed by atoms with Crippen LogP contribution in [0.4, 0.5) is 0 Å². The van der Waals surface area contributed by atoms with Crippen LogP contribution < -0.4 is 11.1 Å². The Hall–Kier alpha value is -0.610. The topological polar surface area (TPSA) is 75.4 Å². The van der Waals surface area contributed by atoms with Gasteiger partial charge < -0.3 is 16.2 Å². The van der Waals surface area contributed by atoms with Crippen molar-refractivity contribution in [1.82, 2.24) is 5.32 Å². The van der Waals surface area contributed by atoms with Gasteiger partial charge in [0.25, 0.3) is 0 Å². The molecule has 4 N–H and O–H groups in total. The first-order valence-corrected chi connectivity index (χ1v) is 6.65. The molecule has 1 unspecified atom stereocenters. The molecular formula is C13H26N2O2. The van der Waals surface area contributed by atoms with Gasteiger partial charge in [0.15, 0.2) is 0 Å². The molecule has 17 heavy (non-hydrogen) atoms. The van der Waals surface area contributed by atoms with Crippen LogP contribution in [0.3, 0.4) is 0 Å². The first kappa shape index (κ1) is 14.5.